The zero-order chi connectivity index (χ0) is 40.1. The van der Waals surface area contributed by atoms with Gasteiger partial charge in [-0.2, -0.15) is 21.8 Å². The molecule has 0 aliphatic carbocycles. The van der Waals surface area contributed by atoms with Crippen LogP contribution in [0.25, 0.3) is 0 Å². The number of aromatic amines is 1. The number of phosphoric acid groups is 3. The number of carbonyl (C=O) groups excluding carboxylic acids is 1. The van der Waals surface area contributed by atoms with E-state index in [0.717, 1.165) is 16.8 Å². The number of aliphatic hydroxyl groups is 1. The highest BCUT2D eigenvalue weighted by Crippen LogP contribution is 2.66. The first-order valence-corrected chi connectivity index (χ1v) is 19.0. The van der Waals surface area contributed by atoms with Crippen LogP contribution in [0.2, 0.25) is 0 Å². The lowest BCUT2D eigenvalue weighted by Gasteiger charge is -2.22. The Hall–Kier alpha value is -3.59. The van der Waals surface area contributed by atoms with Crippen molar-refractivity contribution in [3.05, 3.63) is 72.0 Å². The van der Waals surface area contributed by atoms with Crippen LogP contribution in [0.3, 0.4) is 0 Å². The molecule has 2 aromatic rings. The number of amides is 1. The molecule has 0 spiro atoms. The number of nitrogens with one attached hydrogen (secondary N) is 2. The molecule has 294 valence electrons. The predicted octanol–water partition coefficient (Wildman–Crippen LogP) is 1.38. The Kier molecular flexibility index (Phi) is 14.3. The maximum absolute atomic E-state index is 12.7. The van der Waals surface area contributed by atoms with E-state index in [2.05, 4.69) is 25.0 Å². The molecule has 28 heteroatoms. The Bertz CT molecular complexity index is 2020. The molecule has 2 heterocycles. The zero-order valence-electron chi connectivity index (χ0n) is 26.9. The van der Waals surface area contributed by atoms with Crippen molar-refractivity contribution in [3.63, 3.8) is 0 Å². The molecule has 1 aromatic carbocycles. The third kappa shape index (κ3) is 13.0. The molecule has 1 aromatic heterocycles. The average Bonchev–Trinajstić information content (AvgIpc) is 3.36. The minimum absolute atomic E-state index is 0.0202. The van der Waals surface area contributed by atoms with E-state index >= 15 is 0 Å². The molecule has 53 heavy (non-hydrogen) atoms. The van der Waals surface area contributed by atoms with Gasteiger partial charge in [-0.05, 0) is 18.1 Å². The van der Waals surface area contributed by atoms with Crippen molar-refractivity contribution in [1.29, 1.82) is 0 Å². The van der Waals surface area contributed by atoms with Gasteiger partial charge in [0.05, 0.1) is 48.0 Å². The summed E-state index contributed by atoms with van der Waals surface area (Å²) in [4.78, 5) is 85.6. The van der Waals surface area contributed by atoms with Crippen molar-refractivity contribution in [2.75, 3.05) is 13.2 Å². The lowest BCUT2D eigenvalue weighted by atomic mass is 9.96. The quantitative estimate of drug-likeness (QED) is 0.0577. The smallest absolute Gasteiger partial charge is 0.390 e. The third-order valence-corrected chi connectivity index (χ3v) is 10.6. The Morgan fingerprint density at radius 3 is 2.42 bits per heavy atom. The fraction of sp³-hybridized carbons (Fsp3) is 0.480. The average molecular weight is 824 g/mol. The minimum Gasteiger partial charge on any atom is -0.390 e. The largest absolute Gasteiger partial charge is 0.490 e. The summed E-state index contributed by atoms with van der Waals surface area (Å²) in [6, 6.07) is 3.63. The molecular weight excluding hydrogens is 794 g/mol. The number of hydrogen-bond donors (Lipinski definition) is 7. The van der Waals surface area contributed by atoms with Crippen LogP contribution in [0.1, 0.15) is 49.3 Å². The van der Waals surface area contributed by atoms with E-state index in [4.69, 9.17) is 19.3 Å². The Morgan fingerprint density at radius 2 is 1.83 bits per heavy atom. The van der Waals surface area contributed by atoms with Gasteiger partial charge >= 0.3 is 41.2 Å². The number of benzene rings is 1. The van der Waals surface area contributed by atoms with E-state index < -0.39 is 108 Å². The first-order chi connectivity index (χ1) is 24.3. The maximum Gasteiger partial charge on any atom is 0.490 e. The number of phosphoric ester groups is 1. The standard InChI is InChI=1S/C25H30F3N4O18P3/c1-13(2)21(16-6-5-14(8-17(16)32(37)38)4-3-7-29-23(35)25(26,27)28)46-11-15-10-31(24(36)30-22(15)34)20-9-18(33)19(48-20)12-47-52(42,43)50-53(44,45)49-51(39,40)41/h5-6,8,10,13,18-21,33H,7,9,11-12H2,1-2H3,(H,29,35)(H,42,43)(H,44,45)(H,30,34,36)(H2,39,40,41)/t18-,19+,20+,21+/m0/s1. The van der Waals surface area contributed by atoms with E-state index in [0.29, 0.717) is 0 Å². The summed E-state index contributed by atoms with van der Waals surface area (Å²) < 4.78 is 95.2. The van der Waals surface area contributed by atoms with Gasteiger partial charge in [0, 0.05) is 24.2 Å². The van der Waals surface area contributed by atoms with Crippen LogP contribution in [0.15, 0.2) is 34.0 Å². The minimum atomic E-state index is -5.83. The summed E-state index contributed by atoms with van der Waals surface area (Å²) in [6.07, 6.45) is -9.98. The fourth-order valence-corrected chi connectivity index (χ4v) is 7.59. The van der Waals surface area contributed by atoms with Crippen LogP contribution in [0.5, 0.6) is 0 Å². The normalized spacial score (nSPS) is 20.5. The van der Waals surface area contributed by atoms with E-state index in [-0.39, 0.29) is 23.1 Å². The number of nitro benzene ring substituents is 1. The molecule has 1 aliphatic heterocycles. The van der Waals surface area contributed by atoms with E-state index in [9.17, 15) is 66.3 Å². The molecule has 22 nitrogen and oxygen atoms in total. The summed E-state index contributed by atoms with van der Waals surface area (Å²) in [7, 11) is -17.1. The summed E-state index contributed by atoms with van der Waals surface area (Å²) >= 11 is 0. The van der Waals surface area contributed by atoms with Gasteiger partial charge in [-0.1, -0.05) is 25.7 Å². The molecule has 7 N–H and O–H groups in total. The van der Waals surface area contributed by atoms with Crippen molar-refractivity contribution in [2.24, 2.45) is 5.92 Å². The summed E-state index contributed by atoms with van der Waals surface area (Å²) in [5.74, 6) is 1.96. The van der Waals surface area contributed by atoms with Crippen molar-refractivity contribution in [1.82, 2.24) is 14.9 Å². The molecule has 0 bridgehead atoms. The van der Waals surface area contributed by atoms with E-state index in [1.54, 1.807) is 13.8 Å². The van der Waals surface area contributed by atoms with Crippen LogP contribution in [-0.2, 0) is 47.7 Å². The number of H-pyrrole nitrogens is 1. The summed E-state index contributed by atoms with van der Waals surface area (Å²) in [6.45, 7) is 0.972. The molecule has 1 amide bonds. The Morgan fingerprint density at radius 1 is 1.17 bits per heavy atom. The molecule has 6 atom stereocenters. The van der Waals surface area contributed by atoms with Crippen LogP contribution >= 0.6 is 23.5 Å². The highest BCUT2D eigenvalue weighted by Gasteiger charge is 2.43. The van der Waals surface area contributed by atoms with Crippen LogP contribution in [0, 0.1) is 27.9 Å². The number of halogens is 3. The number of aromatic nitrogens is 2. The van der Waals surface area contributed by atoms with Crippen LogP contribution in [0.4, 0.5) is 18.9 Å². The van der Waals surface area contributed by atoms with Crippen molar-refractivity contribution in [3.8, 4) is 11.8 Å². The first-order valence-electron chi connectivity index (χ1n) is 14.5. The fourth-order valence-electron chi connectivity index (χ4n) is 4.56. The monoisotopic (exact) mass is 824 g/mol. The van der Waals surface area contributed by atoms with Crippen molar-refractivity contribution in [2.45, 2.75) is 57.6 Å². The van der Waals surface area contributed by atoms with Crippen molar-refractivity contribution >= 4 is 35.1 Å². The second-order valence-corrected chi connectivity index (χ2v) is 15.5. The SMILES string of the molecule is CC(C)[C@@H](OCc1cn([C@H]2C[C@H](O)[C@@H](COP(=O)(O)OP(=O)(O)OP(=O)(O)O)O2)c(=O)[nH]c1=O)c1ccc(C#CCNC(=O)C(F)(F)F)cc1[N+](=O)[O-]. The number of nitro groups is 1. The molecule has 0 radical (unpaired) electrons. The molecular formula is C25H30F3N4O18P3. The zero-order valence-corrected chi connectivity index (χ0v) is 29.6. The highest BCUT2D eigenvalue weighted by molar-refractivity contribution is 7.66. The summed E-state index contributed by atoms with van der Waals surface area (Å²) in [5, 5.41) is 23.9. The summed E-state index contributed by atoms with van der Waals surface area (Å²) in [5.41, 5.74) is -2.65. The second kappa shape index (κ2) is 17.3. The van der Waals surface area contributed by atoms with Gasteiger partial charge in [0.2, 0.25) is 0 Å². The molecule has 1 fully saturated rings. The topological polar surface area (TPSA) is 326 Å². The van der Waals surface area contributed by atoms with Crippen molar-refractivity contribution < 1.29 is 83.9 Å². The van der Waals surface area contributed by atoms with Gasteiger partial charge in [0.25, 0.3) is 11.2 Å². The van der Waals surface area contributed by atoms with Crippen LogP contribution < -0.4 is 16.6 Å². The van der Waals surface area contributed by atoms with Gasteiger partial charge in [-0.25, -0.2) is 18.5 Å². The maximum atomic E-state index is 12.7. The lowest BCUT2D eigenvalue weighted by Crippen LogP contribution is -2.36. The number of carbonyl (C=O) groups is 1. The highest BCUT2D eigenvalue weighted by atomic mass is 31.3. The molecule has 0 saturated carbocycles. The van der Waals surface area contributed by atoms with E-state index in [1.807, 2.05) is 4.98 Å². The Labute approximate surface area is 294 Å². The molecule has 1 saturated heterocycles. The predicted molar refractivity (Wildman–Crippen MR) is 167 cm³/mol. The molecule has 3 rings (SSSR count). The number of aliphatic hydroxyl groups excluding tert-OH is 1. The lowest BCUT2D eigenvalue weighted by molar-refractivity contribution is -0.386. The first kappa shape index (κ1) is 43.8. The van der Waals surface area contributed by atoms with Gasteiger partial charge in [0.15, 0.2) is 0 Å². The molecule has 1 aliphatic rings. The van der Waals surface area contributed by atoms with E-state index in [1.165, 1.54) is 17.4 Å². The number of ether oxygens (including phenoxy) is 2. The Balaban J connectivity index is 1.75. The number of rotatable bonds is 15. The van der Waals surface area contributed by atoms with Gasteiger partial charge in [0.1, 0.15) is 12.3 Å². The number of hydrogen-bond acceptors (Lipinski definition) is 14. The van der Waals surface area contributed by atoms with Gasteiger partial charge in [-0.15, -0.1) is 0 Å². The second-order valence-electron chi connectivity index (χ2n) is 11.1. The van der Waals surface area contributed by atoms with Crippen LogP contribution in [-0.4, -0.2) is 76.6 Å². The third-order valence-electron chi connectivity index (χ3n) is 6.76. The number of nitrogens with zero attached hydrogens (tertiary/aromatic N) is 2. The van der Waals surface area contributed by atoms with Gasteiger partial charge in [-0.3, -0.25) is 33.8 Å². The molecule has 2 unspecified atom stereocenters. The van der Waals surface area contributed by atoms with Gasteiger partial charge < -0.3 is 39.5 Å². The number of alkyl halides is 3.